The van der Waals surface area contributed by atoms with Crippen molar-refractivity contribution in [2.24, 2.45) is 0 Å². The summed E-state index contributed by atoms with van der Waals surface area (Å²) in [4.78, 5) is 17.4. The van der Waals surface area contributed by atoms with Crippen LogP contribution in [-0.2, 0) is 16.1 Å². The zero-order chi connectivity index (χ0) is 25.0. The molecule has 4 rings (SSSR count). The lowest BCUT2D eigenvalue weighted by Crippen LogP contribution is -2.57. The van der Waals surface area contributed by atoms with Crippen molar-refractivity contribution in [1.82, 2.24) is 9.80 Å². The molecule has 35 heavy (non-hydrogen) atoms. The van der Waals surface area contributed by atoms with Crippen LogP contribution in [0.1, 0.15) is 36.0 Å². The SMILES string of the molecule is Cc1cc(OCC2(CC(=O)N3CCC(O)CC3)CN(Cc3cccc(Cl)c3)CCO2)cc(C)c1Cl. The monoisotopic (exact) mass is 520 g/mol. The van der Waals surface area contributed by atoms with E-state index in [0.717, 1.165) is 34.8 Å². The van der Waals surface area contributed by atoms with E-state index in [2.05, 4.69) is 11.0 Å². The molecule has 2 aliphatic rings. The van der Waals surface area contributed by atoms with Crippen molar-refractivity contribution in [1.29, 1.82) is 0 Å². The van der Waals surface area contributed by atoms with Crippen molar-refractivity contribution in [2.45, 2.75) is 51.4 Å². The Morgan fingerprint density at radius 1 is 1.14 bits per heavy atom. The van der Waals surface area contributed by atoms with Gasteiger partial charge in [0.05, 0.1) is 19.1 Å². The lowest BCUT2D eigenvalue weighted by atomic mass is 9.95. The summed E-state index contributed by atoms with van der Waals surface area (Å²) in [5.41, 5.74) is 2.23. The topological polar surface area (TPSA) is 62.2 Å². The Hall–Kier alpha value is -1.83. The van der Waals surface area contributed by atoms with Crippen LogP contribution in [-0.4, -0.2) is 71.9 Å². The zero-order valence-corrected chi connectivity index (χ0v) is 21.9. The van der Waals surface area contributed by atoms with Crippen LogP contribution in [0.4, 0.5) is 0 Å². The van der Waals surface area contributed by atoms with Crippen molar-refractivity contribution in [2.75, 3.05) is 39.4 Å². The minimum absolute atomic E-state index is 0.0357. The van der Waals surface area contributed by atoms with E-state index in [-0.39, 0.29) is 25.0 Å². The van der Waals surface area contributed by atoms with E-state index in [1.807, 2.05) is 49.1 Å². The van der Waals surface area contributed by atoms with Crippen LogP contribution in [0, 0.1) is 13.8 Å². The van der Waals surface area contributed by atoms with Crippen LogP contribution >= 0.6 is 23.2 Å². The van der Waals surface area contributed by atoms with Gasteiger partial charge in [-0.05, 0) is 67.6 Å². The zero-order valence-electron chi connectivity index (χ0n) is 20.4. The molecule has 0 bridgehead atoms. The molecule has 2 aromatic carbocycles. The highest BCUT2D eigenvalue weighted by Crippen LogP contribution is 2.30. The third-order valence-corrected chi connectivity index (χ3v) is 7.66. The lowest BCUT2D eigenvalue weighted by molar-refractivity contribution is -0.158. The fraction of sp³-hybridized carbons (Fsp3) is 0.519. The van der Waals surface area contributed by atoms with Crippen LogP contribution < -0.4 is 4.74 Å². The Kier molecular flexibility index (Phi) is 8.61. The highest BCUT2D eigenvalue weighted by atomic mass is 35.5. The van der Waals surface area contributed by atoms with Crippen molar-refractivity contribution in [3.63, 3.8) is 0 Å². The maximum atomic E-state index is 13.3. The second-order valence-corrected chi connectivity index (χ2v) is 10.6. The van der Waals surface area contributed by atoms with Crippen LogP contribution in [0.15, 0.2) is 36.4 Å². The Morgan fingerprint density at radius 2 is 1.86 bits per heavy atom. The first-order valence-electron chi connectivity index (χ1n) is 12.2. The number of rotatable bonds is 7. The van der Waals surface area contributed by atoms with Gasteiger partial charge in [-0.1, -0.05) is 35.3 Å². The van der Waals surface area contributed by atoms with Gasteiger partial charge < -0.3 is 19.5 Å². The van der Waals surface area contributed by atoms with Crippen molar-refractivity contribution < 1.29 is 19.4 Å². The number of carbonyl (C=O) groups is 1. The summed E-state index contributed by atoms with van der Waals surface area (Å²) in [7, 11) is 0. The van der Waals surface area contributed by atoms with E-state index in [0.29, 0.717) is 49.9 Å². The molecule has 2 heterocycles. The molecular weight excluding hydrogens is 487 g/mol. The van der Waals surface area contributed by atoms with Gasteiger partial charge in [-0.2, -0.15) is 0 Å². The second kappa shape index (κ2) is 11.5. The lowest BCUT2D eigenvalue weighted by Gasteiger charge is -2.43. The number of carbonyl (C=O) groups excluding carboxylic acids is 1. The van der Waals surface area contributed by atoms with Crippen molar-refractivity contribution in [3.05, 3.63) is 63.1 Å². The smallest absolute Gasteiger partial charge is 0.225 e. The highest BCUT2D eigenvalue weighted by molar-refractivity contribution is 6.32. The number of aliphatic hydroxyl groups is 1. The van der Waals surface area contributed by atoms with E-state index < -0.39 is 5.60 Å². The van der Waals surface area contributed by atoms with E-state index in [1.165, 1.54) is 0 Å². The minimum atomic E-state index is -0.786. The molecule has 6 nitrogen and oxygen atoms in total. The number of amides is 1. The Morgan fingerprint density at radius 3 is 2.54 bits per heavy atom. The van der Waals surface area contributed by atoms with E-state index >= 15 is 0 Å². The summed E-state index contributed by atoms with van der Waals surface area (Å²) in [6.07, 6.45) is 1.12. The molecule has 0 radical (unpaired) electrons. The molecule has 0 saturated carbocycles. The van der Waals surface area contributed by atoms with E-state index in [9.17, 15) is 9.90 Å². The summed E-state index contributed by atoms with van der Waals surface area (Å²) < 4.78 is 12.6. The van der Waals surface area contributed by atoms with Gasteiger partial charge in [0.25, 0.3) is 0 Å². The van der Waals surface area contributed by atoms with Gasteiger partial charge in [-0.25, -0.2) is 0 Å². The molecule has 2 saturated heterocycles. The van der Waals surface area contributed by atoms with E-state index in [4.69, 9.17) is 32.7 Å². The van der Waals surface area contributed by atoms with Gasteiger partial charge in [-0.3, -0.25) is 9.69 Å². The van der Waals surface area contributed by atoms with Crippen molar-refractivity contribution >= 4 is 29.1 Å². The molecule has 1 N–H and O–H groups in total. The number of piperidine rings is 1. The van der Waals surface area contributed by atoms with Crippen LogP contribution in [0.3, 0.4) is 0 Å². The normalized spacial score (nSPS) is 21.8. The maximum absolute atomic E-state index is 13.3. The molecule has 0 aliphatic carbocycles. The predicted octanol–water partition coefficient (Wildman–Crippen LogP) is 4.63. The largest absolute Gasteiger partial charge is 0.490 e. The van der Waals surface area contributed by atoms with Crippen LogP contribution in [0.25, 0.3) is 0 Å². The molecule has 0 spiro atoms. The third-order valence-electron chi connectivity index (χ3n) is 6.83. The van der Waals surface area contributed by atoms with Crippen LogP contribution in [0.5, 0.6) is 5.75 Å². The number of aryl methyl sites for hydroxylation is 2. The first-order chi connectivity index (χ1) is 16.7. The average Bonchev–Trinajstić information content (AvgIpc) is 2.82. The summed E-state index contributed by atoms with van der Waals surface area (Å²) in [5, 5.41) is 11.3. The third kappa shape index (κ3) is 6.89. The summed E-state index contributed by atoms with van der Waals surface area (Å²) in [5.74, 6) is 0.751. The van der Waals surface area contributed by atoms with Gasteiger partial charge in [0, 0.05) is 42.8 Å². The van der Waals surface area contributed by atoms with Gasteiger partial charge in [0.1, 0.15) is 18.0 Å². The molecule has 2 aliphatic heterocycles. The Labute approximate surface area is 217 Å². The van der Waals surface area contributed by atoms with Crippen molar-refractivity contribution in [3.8, 4) is 5.75 Å². The Bertz CT molecular complexity index is 1020. The molecule has 1 atom stereocenters. The standard InChI is InChI=1S/C27H34Cl2N2O4/c1-19-12-24(13-20(2)26(19)29)34-18-27(15-25(33)31-8-6-23(32)7-9-31)17-30(10-11-35-27)16-21-4-3-5-22(28)14-21/h3-5,12-14,23,32H,6-11,15-18H2,1-2H3. The fourth-order valence-electron chi connectivity index (χ4n) is 4.90. The van der Waals surface area contributed by atoms with Gasteiger partial charge in [-0.15, -0.1) is 0 Å². The first kappa shape index (κ1) is 26.2. The number of benzene rings is 2. The summed E-state index contributed by atoms with van der Waals surface area (Å²) in [6.45, 7) is 7.85. The first-order valence-corrected chi connectivity index (χ1v) is 12.9. The Balaban J connectivity index is 1.51. The fourth-order valence-corrected chi connectivity index (χ4v) is 5.23. The number of nitrogens with zero attached hydrogens (tertiary/aromatic N) is 2. The number of ether oxygens (including phenoxy) is 2. The number of likely N-dealkylation sites (tertiary alicyclic amines) is 1. The molecule has 2 aromatic rings. The maximum Gasteiger partial charge on any atom is 0.225 e. The number of hydrogen-bond acceptors (Lipinski definition) is 5. The quantitative estimate of drug-likeness (QED) is 0.576. The summed E-state index contributed by atoms with van der Waals surface area (Å²) >= 11 is 12.5. The van der Waals surface area contributed by atoms with Crippen LogP contribution in [0.2, 0.25) is 10.0 Å². The molecular formula is C27H34Cl2N2O4. The molecule has 1 unspecified atom stereocenters. The predicted molar refractivity (Wildman–Crippen MR) is 138 cm³/mol. The highest BCUT2D eigenvalue weighted by Gasteiger charge is 2.41. The number of morpholine rings is 1. The molecule has 0 aromatic heterocycles. The average molecular weight is 521 g/mol. The van der Waals surface area contributed by atoms with Gasteiger partial charge in [0.15, 0.2) is 0 Å². The molecule has 2 fully saturated rings. The number of aliphatic hydroxyl groups excluding tert-OH is 1. The summed E-state index contributed by atoms with van der Waals surface area (Å²) in [6, 6.07) is 11.7. The molecule has 190 valence electrons. The van der Waals surface area contributed by atoms with Gasteiger partial charge in [0.2, 0.25) is 5.91 Å². The number of hydrogen-bond donors (Lipinski definition) is 1. The number of halogens is 2. The molecule has 8 heteroatoms. The molecule has 1 amide bonds. The van der Waals surface area contributed by atoms with E-state index in [1.54, 1.807) is 0 Å². The second-order valence-electron chi connectivity index (χ2n) is 9.82. The van der Waals surface area contributed by atoms with Gasteiger partial charge >= 0.3 is 0 Å². The minimum Gasteiger partial charge on any atom is -0.490 e.